The summed E-state index contributed by atoms with van der Waals surface area (Å²) in [6.45, 7) is 0. The van der Waals surface area contributed by atoms with Gasteiger partial charge in [0, 0.05) is 22.5 Å². The second-order valence-corrected chi connectivity index (χ2v) is 5.88. The monoisotopic (exact) mass is 366 g/mol. The zero-order valence-corrected chi connectivity index (χ0v) is 13.6. The second-order valence-electron chi connectivity index (χ2n) is 5.07. The van der Waals surface area contributed by atoms with Gasteiger partial charge in [-0.3, -0.25) is 9.78 Å². The summed E-state index contributed by atoms with van der Waals surface area (Å²) in [5.74, 6) is -5.25. The SMILES string of the molecule is O=C(Nc1cncc2ccccc12)C(F)(F)c1ccc(Cl)c(Cl)c1. The van der Waals surface area contributed by atoms with E-state index < -0.39 is 17.4 Å². The molecule has 0 atom stereocenters. The highest BCUT2D eigenvalue weighted by Crippen LogP contribution is 2.34. The molecule has 0 saturated heterocycles. The molecule has 3 nitrogen and oxygen atoms in total. The quantitative estimate of drug-likeness (QED) is 0.685. The van der Waals surface area contributed by atoms with Gasteiger partial charge in [-0.05, 0) is 12.1 Å². The molecule has 1 N–H and O–H groups in total. The Bertz CT molecular complexity index is 926. The van der Waals surface area contributed by atoms with Gasteiger partial charge < -0.3 is 5.32 Å². The maximum Gasteiger partial charge on any atom is 0.350 e. The second kappa shape index (κ2) is 6.34. The van der Waals surface area contributed by atoms with Crippen LogP contribution in [0.4, 0.5) is 14.5 Å². The standard InChI is InChI=1S/C17H10Cl2F2N2O/c18-13-6-5-11(7-14(13)19)17(20,21)16(24)23-15-9-22-8-10-3-1-2-4-12(10)15/h1-9H,(H,23,24). The first-order valence-electron chi connectivity index (χ1n) is 6.87. The van der Waals surface area contributed by atoms with E-state index in [0.29, 0.717) is 5.39 Å². The van der Waals surface area contributed by atoms with Crippen LogP contribution in [0.2, 0.25) is 10.0 Å². The van der Waals surface area contributed by atoms with Crippen molar-refractivity contribution in [2.45, 2.75) is 5.92 Å². The van der Waals surface area contributed by atoms with Crippen LogP contribution in [0.5, 0.6) is 0 Å². The molecule has 0 fully saturated rings. The van der Waals surface area contributed by atoms with Crippen molar-refractivity contribution < 1.29 is 13.6 Å². The van der Waals surface area contributed by atoms with Crippen molar-refractivity contribution in [3.63, 3.8) is 0 Å². The Kier molecular flexibility index (Phi) is 4.39. The van der Waals surface area contributed by atoms with Gasteiger partial charge in [-0.15, -0.1) is 0 Å². The van der Waals surface area contributed by atoms with Crippen molar-refractivity contribution in [3.05, 3.63) is 70.5 Å². The van der Waals surface area contributed by atoms with E-state index in [4.69, 9.17) is 23.2 Å². The Balaban J connectivity index is 1.94. The number of carbonyl (C=O) groups excluding carboxylic acids is 1. The van der Waals surface area contributed by atoms with Crippen LogP contribution in [-0.4, -0.2) is 10.9 Å². The Morgan fingerprint density at radius 2 is 1.79 bits per heavy atom. The smallest absolute Gasteiger partial charge is 0.319 e. The van der Waals surface area contributed by atoms with Gasteiger partial charge >= 0.3 is 5.92 Å². The minimum absolute atomic E-state index is 0.0477. The zero-order valence-electron chi connectivity index (χ0n) is 12.1. The summed E-state index contributed by atoms with van der Waals surface area (Å²) < 4.78 is 28.8. The Hall–Kier alpha value is -2.24. The third-order valence-corrected chi connectivity index (χ3v) is 4.22. The average Bonchev–Trinajstić information content (AvgIpc) is 2.57. The molecule has 0 spiro atoms. The lowest BCUT2D eigenvalue weighted by molar-refractivity contribution is -0.140. The summed E-state index contributed by atoms with van der Waals surface area (Å²) in [5, 5.41) is 3.66. The van der Waals surface area contributed by atoms with Crippen LogP contribution in [0.3, 0.4) is 0 Å². The Labute approximate surface area is 146 Å². The molecule has 0 unspecified atom stereocenters. The molecule has 122 valence electrons. The molecule has 0 aliphatic heterocycles. The molecule has 0 aliphatic carbocycles. The fourth-order valence-electron chi connectivity index (χ4n) is 2.24. The van der Waals surface area contributed by atoms with E-state index in [1.807, 2.05) is 0 Å². The fourth-order valence-corrected chi connectivity index (χ4v) is 2.54. The Morgan fingerprint density at radius 3 is 2.54 bits per heavy atom. The summed E-state index contributed by atoms with van der Waals surface area (Å²) >= 11 is 11.5. The molecule has 1 aromatic heterocycles. The maximum absolute atomic E-state index is 14.4. The molecule has 0 radical (unpaired) electrons. The van der Waals surface area contributed by atoms with Crippen LogP contribution in [0.15, 0.2) is 54.9 Å². The Morgan fingerprint density at radius 1 is 1.04 bits per heavy atom. The minimum atomic E-state index is -3.77. The number of aromatic nitrogens is 1. The molecule has 3 rings (SSSR count). The van der Waals surface area contributed by atoms with Gasteiger partial charge in [-0.2, -0.15) is 8.78 Å². The van der Waals surface area contributed by atoms with E-state index in [9.17, 15) is 13.6 Å². The van der Waals surface area contributed by atoms with Gasteiger partial charge in [0.2, 0.25) is 0 Å². The van der Waals surface area contributed by atoms with Crippen molar-refractivity contribution >= 4 is 45.6 Å². The van der Waals surface area contributed by atoms with E-state index in [0.717, 1.165) is 17.5 Å². The summed E-state index contributed by atoms with van der Waals surface area (Å²) in [4.78, 5) is 16.1. The molecular weight excluding hydrogens is 357 g/mol. The number of hydrogen-bond acceptors (Lipinski definition) is 2. The van der Waals surface area contributed by atoms with Gasteiger partial charge in [0.05, 0.1) is 21.9 Å². The number of hydrogen-bond donors (Lipinski definition) is 1. The molecule has 0 bridgehead atoms. The van der Waals surface area contributed by atoms with Gasteiger partial charge in [0.15, 0.2) is 0 Å². The van der Waals surface area contributed by atoms with E-state index >= 15 is 0 Å². The van der Waals surface area contributed by atoms with Crippen LogP contribution >= 0.6 is 23.2 Å². The van der Waals surface area contributed by atoms with Crippen LogP contribution in [0.25, 0.3) is 10.8 Å². The number of rotatable bonds is 3. The van der Waals surface area contributed by atoms with Gasteiger partial charge in [0.1, 0.15) is 0 Å². The molecular formula is C17H10Cl2F2N2O. The molecule has 7 heteroatoms. The number of pyridine rings is 1. The first-order chi connectivity index (χ1) is 11.4. The number of amides is 1. The zero-order chi connectivity index (χ0) is 17.3. The number of carbonyl (C=O) groups is 1. The van der Waals surface area contributed by atoms with Crippen LogP contribution in [0.1, 0.15) is 5.56 Å². The summed E-state index contributed by atoms with van der Waals surface area (Å²) in [7, 11) is 0. The van der Waals surface area contributed by atoms with Crippen LogP contribution in [0, 0.1) is 0 Å². The molecule has 1 heterocycles. The summed E-state index contributed by atoms with van der Waals surface area (Å²) in [6, 6.07) is 10.3. The summed E-state index contributed by atoms with van der Waals surface area (Å²) in [6.07, 6.45) is 2.91. The van der Waals surface area contributed by atoms with Gasteiger partial charge in [0.25, 0.3) is 5.91 Å². The highest BCUT2D eigenvalue weighted by Gasteiger charge is 2.41. The molecule has 0 aliphatic rings. The summed E-state index contributed by atoms with van der Waals surface area (Å²) in [5.41, 5.74) is -0.333. The van der Waals surface area contributed by atoms with E-state index in [1.54, 1.807) is 30.5 Å². The number of alkyl halides is 2. The number of nitrogens with one attached hydrogen (secondary N) is 1. The molecule has 2 aromatic carbocycles. The number of nitrogens with zero attached hydrogens (tertiary/aromatic N) is 1. The molecule has 24 heavy (non-hydrogen) atoms. The van der Waals surface area contributed by atoms with Crippen molar-refractivity contribution in [1.82, 2.24) is 4.98 Å². The van der Waals surface area contributed by atoms with E-state index in [-0.39, 0.29) is 15.7 Å². The van der Waals surface area contributed by atoms with Crippen molar-refractivity contribution in [2.75, 3.05) is 5.32 Å². The maximum atomic E-state index is 14.4. The molecule has 1 amide bonds. The molecule has 3 aromatic rings. The largest absolute Gasteiger partial charge is 0.350 e. The van der Waals surface area contributed by atoms with E-state index in [1.165, 1.54) is 12.3 Å². The minimum Gasteiger partial charge on any atom is -0.319 e. The van der Waals surface area contributed by atoms with Crippen LogP contribution in [-0.2, 0) is 10.7 Å². The predicted molar refractivity (Wildman–Crippen MR) is 90.7 cm³/mol. The number of benzene rings is 2. The number of halogens is 4. The highest BCUT2D eigenvalue weighted by molar-refractivity contribution is 6.42. The van der Waals surface area contributed by atoms with Crippen molar-refractivity contribution in [3.8, 4) is 0 Å². The average molecular weight is 367 g/mol. The topological polar surface area (TPSA) is 42.0 Å². The lowest BCUT2D eigenvalue weighted by Gasteiger charge is -2.17. The lowest BCUT2D eigenvalue weighted by Crippen LogP contribution is -2.32. The number of anilines is 1. The van der Waals surface area contributed by atoms with Crippen LogP contribution < -0.4 is 5.32 Å². The van der Waals surface area contributed by atoms with Gasteiger partial charge in [-0.1, -0.05) is 53.5 Å². The third-order valence-electron chi connectivity index (χ3n) is 3.48. The van der Waals surface area contributed by atoms with E-state index in [2.05, 4.69) is 10.3 Å². The number of fused-ring (bicyclic) bond motifs is 1. The van der Waals surface area contributed by atoms with Crippen molar-refractivity contribution in [2.24, 2.45) is 0 Å². The van der Waals surface area contributed by atoms with Crippen molar-refractivity contribution in [1.29, 1.82) is 0 Å². The first-order valence-corrected chi connectivity index (χ1v) is 7.63. The lowest BCUT2D eigenvalue weighted by atomic mass is 10.1. The normalized spacial score (nSPS) is 11.5. The third kappa shape index (κ3) is 3.05. The highest BCUT2D eigenvalue weighted by atomic mass is 35.5. The molecule has 0 saturated carbocycles. The predicted octanol–water partition coefficient (Wildman–Crippen LogP) is 5.27. The van der Waals surface area contributed by atoms with Gasteiger partial charge in [-0.25, -0.2) is 0 Å². The fraction of sp³-hybridized carbons (Fsp3) is 0.0588. The first kappa shape index (κ1) is 16.6.